The highest BCUT2D eigenvalue weighted by Gasteiger charge is 1.87. The Bertz CT molecular complexity index is 242. The first-order valence-corrected chi connectivity index (χ1v) is 3.65. The van der Waals surface area contributed by atoms with Gasteiger partial charge in [-0.1, -0.05) is 13.8 Å². The molecule has 0 radical (unpaired) electrons. The van der Waals surface area contributed by atoms with E-state index in [1.54, 1.807) is 6.07 Å². The van der Waals surface area contributed by atoms with Crippen LogP contribution in [0, 0.1) is 6.92 Å². The van der Waals surface area contributed by atoms with E-state index in [1.807, 2.05) is 20.8 Å². The molecule has 62 valence electrons. The average Bonchev–Trinajstić information content (AvgIpc) is 1.88. The van der Waals surface area contributed by atoms with Crippen molar-refractivity contribution in [3.05, 3.63) is 28.0 Å². The smallest absolute Gasteiger partial charge is 0.249 e. The third kappa shape index (κ3) is 3.45. The van der Waals surface area contributed by atoms with Gasteiger partial charge >= 0.3 is 0 Å². The summed E-state index contributed by atoms with van der Waals surface area (Å²) in [6.45, 7) is 5.82. The minimum atomic E-state index is -0.146. The summed E-state index contributed by atoms with van der Waals surface area (Å²) in [6.07, 6.45) is 0. The summed E-state index contributed by atoms with van der Waals surface area (Å²) in [5.41, 5.74) is 6.04. The van der Waals surface area contributed by atoms with Crippen molar-refractivity contribution in [1.82, 2.24) is 4.98 Å². The molecule has 0 aliphatic rings. The summed E-state index contributed by atoms with van der Waals surface area (Å²) in [6, 6.07) is 3.21. The summed E-state index contributed by atoms with van der Waals surface area (Å²) < 4.78 is 0. The monoisotopic (exact) mass is 154 g/mol. The van der Waals surface area contributed by atoms with Crippen molar-refractivity contribution in [3.8, 4) is 0 Å². The van der Waals surface area contributed by atoms with E-state index in [2.05, 4.69) is 4.98 Å². The van der Waals surface area contributed by atoms with Crippen LogP contribution in [0.2, 0.25) is 0 Å². The number of hydrogen-bond donors (Lipinski definition) is 2. The molecule has 0 fully saturated rings. The average molecular weight is 154 g/mol. The van der Waals surface area contributed by atoms with Gasteiger partial charge in [0.1, 0.15) is 5.82 Å². The van der Waals surface area contributed by atoms with E-state index in [-0.39, 0.29) is 5.56 Å². The molecule has 1 rings (SSSR count). The van der Waals surface area contributed by atoms with Crippen LogP contribution in [0.4, 0.5) is 5.82 Å². The van der Waals surface area contributed by atoms with Gasteiger partial charge in [0.05, 0.1) is 0 Å². The summed E-state index contributed by atoms with van der Waals surface area (Å²) in [4.78, 5) is 13.0. The summed E-state index contributed by atoms with van der Waals surface area (Å²) in [5.74, 6) is 0.417. The molecule has 0 spiro atoms. The van der Waals surface area contributed by atoms with E-state index in [1.165, 1.54) is 6.07 Å². The number of rotatable bonds is 0. The summed E-state index contributed by atoms with van der Waals surface area (Å²) in [7, 11) is 0. The SMILES string of the molecule is CC.Cc1cc(N)[nH]c(=O)c1. The molecule has 3 N–H and O–H groups in total. The van der Waals surface area contributed by atoms with Gasteiger partial charge in [0.15, 0.2) is 0 Å². The Morgan fingerprint density at radius 3 is 2.27 bits per heavy atom. The number of anilines is 1. The molecule has 0 unspecified atom stereocenters. The Labute approximate surface area is 66.3 Å². The molecule has 1 heterocycles. The van der Waals surface area contributed by atoms with Crippen LogP contribution < -0.4 is 11.3 Å². The zero-order chi connectivity index (χ0) is 8.85. The molecular weight excluding hydrogens is 140 g/mol. The summed E-state index contributed by atoms with van der Waals surface area (Å²) in [5, 5.41) is 0. The third-order valence-corrected chi connectivity index (χ3v) is 1.01. The Morgan fingerprint density at radius 1 is 1.36 bits per heavy atom. The van der Waals surface area contributed by atoms with E-state index in [9.17, 15) is 4.79 Å². The minimum Gasteiger partial charge on any atom is -0.385 e. The van der Waals surface area contributed by atoms with Crippen molar-refractivity contribution in [2.45, 2.75) is 20.8 Å². The number of aromatic nitrogens is 1. The molecule has 0 saturated carbocycles. The van der Waals surface area contributed by atoms with E-state index in [0.29, 0.717) is 5.82 Å². The van der Waals surface area contributed by atoms with E-state index in [4.69, 9.17) is 5.73 Å². The lowest BCUT2D eigenvalue weighted by molar-refractivity contribution is 1.22. The van der Waals surface area contributed by atoms with Crippen molar-refractivity contribution in [3.63, 3.8) is 0 Å². The molecule has 3 heteroatoms. The number of hydrogen-bond acceptors (Lipinski definition) is 2. The van der Waals surface area contributed by atoms with Gasteiger partial charge in [-0.3, -0.25) is 4.79 Å². The predicted octanol–water partition coefficient (Wildman–Crippen LogP) is 1.29. The number of H-pyrrole nitrogens is 1. The molecule has 0 aliphatic carbocycles. The van der Waals surface area contributed by atoms with Gasteiger partial charge in [-0.25, -0.2) is 0 Å². The highest BCUT2D eigenvalue weighted by atomic mass is 16.1. The maximum Gasteiger partial charge on any atom is 0.249 e. The van der Waals surface area contributed by atoms with Gasteiger partial charge in [-0.2, -0.15) is 0 Å². The standard InChI is InChI=1S/C6H8N2O.C2H6/c1-4-2-5(7)8-6(9)3-4;1-2/h2-3H,1H3,(H3,7,8,9);1-2H3. The maximum atomic E-state index is 10.6. The zero-order valence-corrected chi connectivity index (χ0v) is 7.14. The number of aryl methyl sites for hydroxylation is 1. The first-order valence-electron chi connectivity index (χ1n) is 3.65. The van der Waals surface area contributed by atoms with E-state index >= 15 is 0 Å². The van der Waals surface area contributed by atoms with Crippen molar-refractivity contribution in [1.29, 1.82) is 0 Å². The van der Waals surface area contributed by atoms with Gasteiger partial charge in [-0.05, 0) is 18.6 Å². The second kappa shape index (κ2) is 4.55. The normalized spacial score (nSPS) is 8.27. The highest BCUT2D eigenvalue weighted by molar-refractivity contribution is 5.30. The van der Waals surface area contributed by atoms with Gasteiger partial charge in [0.25, 0.3) is 0 Å². The molecular formula is C8H14N2O. The molecule has 0 bridgehead atoms. The van der Waals surface area contributed by atoms with E-state index < -0.39 is 0 Å². The fraction of sp³-hybridized carbons (Fsp3) is 0.375. The topological polar surface area (TPSA) is 58.9 Å². The quantitative estimate of drug-likeness (QED) is 0.591. The fourth-order valence-corrected chi connectivity index (χ4v) is 0.708. The molecule has 1 aromatic rings. The molecule has 3 nitrogen and oxygen atoms in total. The lowest BCUT2D eigenvalue weighted by Gasteiger charge is -1.91. The van der Waals surface area contributed by atoms with Crippen LogP contribution in [-0.2, 0) is 0 Å². The van der Waals surface area contributed by atoms with Crippen molar-refractivity contribution in [2.24, 2.45) is 0 Å². The number of nitrogen functional groups attached to an aromatic ring is 1. The highest BCUT2D eigenvalue weighted by Crippen LogP contribution is 1.95. The molecule has 0 amide bonds. The second-order valence-corrected chi connectivity index (χ2v) is 1.98. The Morgan fingerprint density at radius 2 is 1.91 bits per heavy atom. The van der Waals surface area contributed by atoms with Crippen molar-refractivity contribution in [2.75, 3.05) is 5.73 Å². The summed E-state index contributed by atoms with van der Waals surface area (Å²) >= 11 is 0. The molecule has 0 atom stereocenters. The van der Waals surface area contributed by atoms with Crippen LogP contribution in [-0.4, -0.2) is 4.98 Å². The van der Waals surface area contributed by atoms with Gasteiger partial charge in [0.2, 0.25) is 5.56 Å². The Balaban J connectivity index is 0.000000461. The maximum absolute atomic E-state index is 10.6. The van der Waals surface area contributed by atoms with Crippen LogP contribution in [0.5, 0.6) is 0 Å². The predicted molar refractivity (Wildman–Crippen MR) is 47.6 cm³/mol. The molecule has 1 aromatic heterocycles. The van der Waals surface area contributed by atoms with Crippen LogP contribution in [0.25, 0.3) is 0 Å². The second-order valence-electron chi connectivity index (χ2n) is 1.98. The van der Waals surface area contributed by atoms with Crippen LogP contribution in [0.15, 0.2) is 16.9 Å². The number of nitrogens with one attached hydrogen (secondary N) is 1. The lowest BCUT2D eigenvalue weighted by atomic mass is 10.3. The van der Waals surface area contributed by atoms with Crippen molar-refractivity contribution < 1.29 is 0 Å². The van der Waals surface area contributed by atoms with Gasteiger partial charge < -0.3 is 10.7 Å². The number of pyridine rings is 1. The van der Waals surface area contributed by atoms with Gasteiger partial charge in [0, 0.05) is 6.07 Å². The van der Waals surface area contributed by atoms with Crippen molar-refractivity contribution >= 4 is 5.82 Å². The molecule has 0 saturated heterocycles. The van der Waals surface area contributed by atoms with Crippen LogP contribution in [0.1, 0.15) is 19.4 Å². The molecule has 11 heavy (non-hydrogen) atoms. The minimum absolute atomic E-state index is 0.146. The number of aromatic amines is 1. The third-order valence-electron chi connectivity index (χ3n) is 1.01. The lowest BCUT2D eigenvalue weighted by Crippen LogP contribution is -2.07. The first kappa shape index (κ1) is 9.75. The fourth-order valence-electron chi connectivity index (χ4n) is 0.708. The first-order chi connectivity index (χ1) is 5.18. The Kier molecular flexibility index (Phi) is 4.03. The Hall–Kier alpha value is -1.25. The van der Waals surface area contributed by atoms with Crippen LogP contribution >= 0.6 is 0 Å². The molecule has 0 aliphatic heterocycles. The largest absolute Gasteiger partial charge is 0.385 e. The number of nitrogens with two attached hydrogens (primary N) is 1. The van der Waals surface area contributed by atoms with Gasteiger partial charge in [-0.15, -0.1) is 0 Å². The van der Waals surface area contributed by atoms with Crippen LogP contribution in [0.3, 0.4) is 0 Å². The molecule has 0 aromatic carbocycles. The zero-order valence-electron chi connectivity index (χ0n) is 7.14. The van der Waals surface area contributed by atoms with E-state index in [0.717, 1.165) is 5.56 Å².